The van der Waals surface area contributed by atoms with Crippen molar-refractivity contribution in [1.82, 2.24) is 14.5 Å². The molecule has 1 N–H and O–H groups in total. The molecule has 0 aromatic rings. The van der Waals surface area contributed by atoms with Crippen LogP contribution in [0.4, 0.5) is 0 Å². The molecule has 112 valence electrons. The van der Waals surface area contributed by atoms with E-state index in [1.54, 1.807) is 4.31 Å². The second kappa shape index (κ2) is 5.68. The predicted molar refractivity (Wildman–Crippen MR) is 77.7 cm³/mol. The van der Waals surface area contributed by atoms with Gasteiger partial charge in [0.1, 0.15) is 0 Å². The Bertz CT molecular complexity index is 389. The van der Waals surface area contributed by atoms with E-state index in [0.29, 0.717) is 19.1 Å². The number of hydrogen-bond acceptors (Lipinski definition) is 4. The Morgan fingerprint density at radius 3 is 2.26 bits per heavy atom. The van der Waals surface area contributed by atoms with Gasteiger partial charge in [0.05, 0.1) is 5.75 Å². The largest absolute Gasteiger partial charge is 0.315 e. The molecular formula is C13H27N3O2S. The summed E-state index contributed by atoms with van der Waals surface area (Å²) >= 11 is 0. The minimum Gasteiger partial charge on any atom is -0.315 e. The fourth-order valence-electron chi connectivity index (χ4n) is 2.94. The molecule has 0 aromatic heterocycles. The van der Waals surface area contributed by atoms with Crippen LogP contribution in [0, 0.1) is 5.41 Å². The lowest BCUT2D eigenvalue weighted by molar-refractivity contribution is 0.145. The monoisotopic (exact) mass is 289 g/mol. The van der Waals surface area contributed by atoms with Crippen molar-refractivity contribution in [2.45, 2.75) is 33.2 Å². The highest BCUT2D eigenvalue weighted by atomic mass is 32.2. The van der Waals surface area contributed by atoms with E-state index in [-0.39, 0.29) is 11.2 Å². The standard InChI is InChI=1S/C13H27N3O2S/c1-13(2,3)11-19(17,18)16-8-6-15(7-9-16)12-4-5-14-10-12/h12,14H,4-11H2,1-3H3. The van der Waals surface area contributed by atoms with Crippen molar-refractivity contribution in [3.63, 3.8) is 0 Å². The highest BCUT2D eigenvalue weighted by Crippen LogP contribution is 2.20. The van der Waals surface area contributed by atoms with Crippen LogP contribution in [0.15, 0.2) is 0 Å². The van der Waals surface area contributed by atoms with E-state index >= 15 is 0 Å². The minimum atomic E-state index is -3.10. The first-order chi connectivity index (χ1) is 8.78. The summed E-state index contributed by atoms with van der Waals surface area (Å²) in [7, 11) is -3.10. The molecule has 5 nitrogen and oxygen atoms in total. The van der Waals surface area contributed by atoms with Gasteiger partial charge in [-0.05, 0) is 18.4 Å². The molecule has 2 aliphatic rings. The topological polar surface area (TPSA) is 52.7 Å². The lowest BCUT2D eigenvalue weighted by Gasteiger charge is -2.38. The Morgan fingerprint density at radius 1 is 1.16 bits per heavy atom. The van der Waals surface area contributed by atoms with Crippen LogP contribution in [0.25, 0.3) is 0 Å². The first kappa shape index (κ1) is 15.2. The number of nitrogens with zero attached hydrogens (tertiary/aromatic N) is 2. The second-order valence-electron chi connectivity index (χ2n) is 6.90. The van der Waals surface area contributed by atoms with Gasteiger partial charge in [0.15, 0.2) is 0 Å². The van der Waals surface area contributed by atoms with E-state index in [1.807, 2.05) is 20.8 Å². The van der Waals surface area contributed by atoms with Gasteiger partial charge in [0.2, 0.25) is 10.0 Å². The van der Waals surface area contributed by atoms with Crippen molar-refractivity contribution in [3.05, 3.63) is 0 Å². The van der Waals surface area contributed by atoms with Crippen molar-refractivity contribution in [1.29, 1.82) is 0 Å². The molecule has 0 amide bonds. The summed E-state index contributed by atoms with van der Waals surface area (Å²) in [6.07, 6.45) is 1.19. The van der Waals surface area contributed by atoms with Crippen molar-refractivity contribution in [3.8, 4) is 0 Å². The van der Waals surface area contributed by atoms with Crippen molar-refractivity contribution in [2.75, 3.05) is 45.0 Å². The zero-order valence-electron chi connectivity index (χ0n) is 12.4. The van der Waals surface area contributed by atoms with Crippen LogP contribution in [-0.4, -0.2) is 68.7 Å². The fraction of sp³-hybridized carbons (Fsp3) is 1.00. The van der Waals surface area contributed by atoms with Crippen LogP contribution < -0.4 is 5.32 Å². The number of rotatable bonds is 3. The summed E-state index contributed by atoms with van der Waals surface area (Å²) in [5.41, 5.74) is -0.175. The number of sulfonamides is 1. The predicted octanol–water partition coefficient (Wildman–Crippen LogP) is 0.342. The Morgan fingerprint density at radius 2 is 1.79 bits per heavy atom. The molecule has 0 spiro atoms. The van der Waals surface area contributed by atoms with E-state index in [0.717, 1.165) is 26.2 Å². The summed E-state index contributed by atoms with van der Waals surface area (Å²) in [4.78, 5) is 2.43. The van der Waals surface area contributed by atoms with Crippen LogP contribution in [-0.2, 0) is 10.0 Å². The van der Waals surface area contributed by atoms with Crippen LogP contribution in [0.1, 0.15) is 27.2 Å². The van der Waals surface area contributed by atoms with Gasteiger partial charge >= 0.3 is 0 Å². The van der Waals surface area contributed by atoms with Crippen molar-refractivity contribution < 1.29 is 8.42 Å². The SMILES string of the molecule is CC(C)(C)CS(=O)(=O)N1CCN(C2CCNC2)CC1. The molecule has 19 heavy (non-hydrogen) atoms. The van der Waals surface area contributed by atoms with Crippen molar-refractivity contribution >= 4 is 10.0 Å². The maximum Gasteiger partial charge on any atom is 0.214 e. The van der Waals surface area contributed by atoms with Crippen molar-refractivity contribution in [2.24, 2.45) is 5.41 Å². The van der Waals surface area contributed by atoms with Gasteiger partial charge in [-0.3, -0.25) is 4.90 Å². The van der Waals surface area contributed by atoms with Gasteiger partial charge in [-0.1, -0.05) is 20.8 Å². The molecule has 1 unspecified atom stereocenters. The lowest BCUT2D eigenvalue weighted by atomic mass is 10.0. The maximum atomic E-state index is 12.3. The Labute approximate surface area is 117 Å². The molecule has 2 heterocycles. The van der Waals surface area contributed by atoms with E-state index in [1.165, 1.54) is 6.42 Å². The summed E-state index contributed by atoms with van der Waals surface area (Å²) in [5.74, 6) is 0.241. The minimum absolute atomic E-state index is 0.175. The van der Waals surface area contributed by atoms with E-state index in [2.05, 4.69) is 10.2 Å². The van der Waals surface area contributed by atoms with Gasteiger partial charge in [-0.2, -0.15) is 4.31 Å². The van der Waals surface area contributed by atoms with Gasteiger partial charge < -0.3 is 5.32 Å². The van der Waals surface area contributed by atoms with E-state index in [9.17, 15) is 8.42 Å². The highest BCUT2D eigenvalue weighted by Gasteiger charge is 2.33. The van der Waals surface area contributed by atoms with Crippen LogP contribution in [0.2, 0.25) is 0 Å². The third kappa shape index (κ3) is 4.15. The zero-order chi connectivity index (χ0) is 14.1. The molecule has 0 bridgehead atoms. The lowest BCUT2D eigenvalue weighted by Crippen LogP contribution is -2.53. The molecule has 2 fully saturated rings. The van der Waals surface area contributed by atoms with Crippen LogP contribution in [0.5, 0.6) is 0 Å². The summed E-state index contributed by atoms with van der Waals surface area (Å²) in [6, 6.07) is 0.604. The molecule has 0 saturated carbocycles. The second-order valence-corrected chi connectivity index (χ2v) is 8.87. The zero-order valence-corrected chi connectivity index (χ0v) is 13.2. The Kier molecular flexibility index (Phi) is 4.55. The molecule has 0 aliphatic carbocycles. The van der Waals surface area contributed by atoms with Crippen LogP contribution >= 0.6 is 0 Å². The average Bonchev–Trinajstić information content (AvgIpc) is 2.79. The smallest absolute Gasteiger partial charge is 0.214 e. The van der Waals surface area contributed by atoms with Gasteiger partial charge in [-0.25, -0.2) is 8.42 Å². The Hall–Kier alpha value is -0.170. The molecule has 6 heteroatoms. The summed E-state index contributed by atoms with van der Waals surface area (Å²) in [6.45, 7) is 11.1. The fourth-order valence-corrected chi connectivity index (χ4v) is 4.93. The normalized spacial score (nSPS) is 27.8. The van der Waals surface area contributed by atoms with Gasteiger partial charge in [0.25, 0.3) is 0 Å². The molecule has 2 aliphatic heterocycles. The van der Waals surface area contributed by atoms with Gasteiger partial charge in [-0.15, -0.1) is 0 Å². The van der Waals surface area contributed by atoms with E-state index < -0.39 is 10.0 Å². The molecule has 0 radical (unpaired) electrons. The first-order valence-corrected chi connectivity index (χ1v) is 8.81. The molecule has 0 aromatic carbocycles. The average molecular weight is 289 g/mol. The quantitative estimate of drug-likeness (QED) is 0.814. The highest BCUT2D eigenvalue weighted by molar-refractivity contribution is 7.89. The van der Waals surface area contributed by atoms with Crippen LogP contribution in [0.3, 0.4) is 0 Å². The summed E-state index contributed by atoms with van der Waals surface area (Å²) < 4.78 is 26.3. The number of piperazine rings is 1. The maximum absolute atomic E-state index is 12.3. The summed E-state index contributed by atoms with van der Waals surface area (Å²) in [5, 5.41) is 3.37. The van der Waals surface area contributed by atoms with Gasteiger partial charge in [0, 0.05) is 38.8 Å². The molecule has 2 saturated heterocycles. The molecule has 2 rings (SSSR count). The third-order valence-electron chi connectivity index (χ3n) is 3.83. The third-order valence-corrected chi connectivity index (χ3v) is 6.22. The van der Waals surface area contributed by atoms with E-state index in [4.69, 9.17) is 0 Å². The Balaban J connectivity index is 1.88. The number of nitrogens with one attached hydrogen (secondary N) is 1. The number of hydrogen-bond donors (Lipinski definition) is 1. The first-order valence-electron chi connectivity index (χ1n) is 7.20. The molecular weight excluding hydrogens is 262 g/mol. The molecule has 1 atom stereocenters.